The molecule has 0 atom stereocenters. The largest absolute Gasteiger partial charge is 0.372 e. The van der Waals surface area contributed by atoms with Gasteiger partial charge in [0.05, 0.1) is 17.3 Å². The van der Waals surface area contributed by atoms with Crippen molar-refractivity contribution in [3.63, 3.8) is 0 Å². The Balaban J connectivity index is 2.08. The fraction of sp³-hybridized carbons (Fsp3) is 0.500. The van der Waals surface area contributed by atoms with Crippen molar-refractivity contribution < 1.29 is 4.39 Å². The molecule has 0 spiro atoms. The lowest BCUT2D eigenvalue weighted by Gasteiger charge is -2.23. The maximum Gasteiger partial charge on any atom is 0.147 e. The van der Waals surface area contributed by atoms with Crippen LogP contribution in [0.3, 0.4) is 0 Å². The van der Waals surface area contributed by atoms with E-state index >= 15 is 0 Å². The Labute approximate surface area is 102 Å². The molecular weight excluding hydrogens is 215 g/mol. The fourth-order valence-electron chi connectivity index (χ4n) is 2.56. The highest BCUT2D eigenvalue weighted by atomic mass is 19.1. The van der Waals surface area contributed by atoms with Gasteiger partial charge in [-0.1, -0.05) is 12.8 Å². The van der Waals surface area contributed by atoms with Gasteiger partial charge in [0.15, 0.2) is 0 Å². The monoisotopic (exact) mass is 232 g/mol. The van der Waals surface area contributed by atoms with E-state index in [1.165, 1.54) is 31.7 Å². The molecule has 2 rings (SSSR count). The van der Waals surface area contributed by atoms with E-state index < -0.39 is 0 Å². The van der Waals surface area contributed by atoms with Crippen molar-refractivity contribution in [2.45, 2.75) is 25.7 Å². The highest BCUT2D eigenvalue weighted by Gasteiger charge is 2.18. The van der Waals surface area contributed by atoms with Gasteiger partial charge in [0.1, 0.15) is 5.82 Å². The molecule has 0 aliphatic heterocycles. The molecule has 1 fully saturated rings. The Hall–Kier alpha value is -1.56. The van der Waals surface area contributed by atoms with Crippen LogP contribution in [-0.2, 0) is 0 Å². The molecule has 1 aliphatic carbocycles. The van der Waals surface area contributed by atoms with Gasteiger partial charge in [0.2, 0.25) is 0 Å². The minimum atomic E-state index is -0.301. The second-order valence-electron chi connectivity index (χ2n) is 4.81. The van der Waals surface area contributed by atoms with Gasteiger partial charge in [-0.2, -0.15) is 5.26 Å². The maximum absolute atomic E-state index is 13.8. The van der Waals surface area contributed by atoms with Crippen LogP contribution < -0.4 is 4.90 Å². The number of nitrogens with zero attached hydrogens (tertiary/aromatic N) is 2. The normalized spacial score (nSPS) is 15.8. The second-order valence-corrected chi connectivity index (χ2v) is 4.81. The van der Waals surface area contributed by atoms with Gasteiger partial charge in [-0.05, 0) is 37.0 Å². The molecule has 0 saturated heterocycles. The Bertz CT molecular complexity index is 430. The zero-order valence-electron chi connectivity index (χ0n) is 10.1. The summed E-state index contributed by atoms with van der Waals surface area (Å²) < 4.78 is 13.8. The van der Waals surface area contributed by atoms with E-state index in [0.29, 0.717) is 17.2 Å². The van der Waals surface area contributed by atoms with E-state index in [0.717, 1.165) is 6.54 Å². The summed E-state index contributed by atoms with van der Waals surface area (Å²) in [6.07, 6.45) is 5.10. The van der Waals surface area contributed by atoms with Gasteiger partial charge in [-0.25, -0.2) is 4.39 Å². The van der Waals surface area contributed by atoms with Gasteiger partial charge in [-0.3, -0.25) is 0 Å². The van der Waals surface area contributed by atoms with E-state index in [1.54, 1.807) is 12.1 Å². The van der Waals surface area contributed by atoms with Crippen LogP contribution >= 0.6 is 0 Å². The summed E-state index contributed by atoms with van der Waals surface area (Å²) >= 11 is 0. The Morgan fingerprint density at radius 1 is 1.41 bits per heavy atom. The summed E-state index contributed by atoms with van der Waals surface area (Å²) in [5.74, 6) is 0.389. The van der Waals surface area contributed by atoms with Crippen LogP contribution in [0.5, 0.6) is 0 Å². The number of nitriles is 1. The molecule has 1 aliphatic rings. The molecule has 0 radical (unpaired) electrons. The first-order valence-corrected chi connectivity index (χ1v) is 6.11. The Morgan fingerprint density at radius 2 is 2.12 bits per heavy atom. The minimum absolute atomic E-state index is 0.301. The van der Waals surface area contributed by atoms with E-state index in [-0.39, 0.29) is 5.82 Å². The van der Waals surface area contributed by atoms with Crippen molar-refractivity contribution in [3.05, 3.63) is 29.6 Å². The lowest BCUT2D eigenvalue weighted by atomic mass is 10.1. The zero-order chi connectivity index (χ0) is 12.3. The zero-order valence-corrected chi connectivity index (χ0v) is 10.1. The molecule has 1 saturated carbocycles. The van der Waals surface area contributed by atoms with E-state index in [9.17, 15) is 4.39 Å². The third kappa shape index (κ3) is 2.76. The van der Waals surface area contributed by atoms with E-state index in [2.05, 4.69) is 0 Å². The van der Waals surface area contributed by atoms with E-state index in [1.807, 2.05) is 18.0 Å². The maximum atomic E-state index is 13.8. The third-order valence-corrected chi connectivity index (χ3v) is 3.49. The quantitative estimate of drug-likeness (QED) is 0.799. The molecular formula is C14H17FN2. The highest BCUT2D eigenvalue weighted by molar-refractivity contribution is 5.50. The minimum Gasteiger partial charge on any atom is -0.372 e. The standard InChI is InChI=1S/C14H17FN2/c1-17(10-11-4-2-3-5-11)14-7-6-12(9-16)8-13(14)15/h6-8,11H,2-5,10H2,1H3. The first kappa shape index (κ1) is 11.9. The fourth-order valence-corrected chi connectivity index (χ4v) is 2.56. The first-order valence-electron chi connectivity index (χ1n) is 6.11. The molecule has 3 heteroatoms. The number of benzene rings is 1. The molecule has 0 aromatic heterocycles. The molecule has 0 N–H and O–H groups in total. The molecule has 1 aromatic rings. The molecule has 17 heavy (non-hydrogen) atoms. The van der Waals surface area contributed by atoms with E-state index in [4.69, 9.17) is 5.26 Å². The molecule has 0 amide bonds. The summed E-state index contributed by atoms with van der Waals surface area (Å²) in [7, 11) is 1.92. The SMILES string of the molecule is CN(CC1CCCC1)c1ccc(C#N)cc1F. The second kappa shape index (κ2) is 5.18. The molecule has 2 nitrogen and oxygen atoms in total. The Kier molecular flexibility index (Phi) is 3.63. The average Bonchev–Trinajstić information content (AvgIpc) is 2.81. The lowest BCUT2D eigenvalue weighted by molar-refractivity contribution is 0.539. The van der Waals surface area contributed by atoms with Crippen LogP contribution in [0.1, 0.15) is 31.2 Å². The van der Waals surface area contributed by atoms with Crippen LogP contribution in [0.4, 0.5) is 10.1 Å². The predicted octanol–water partition coefficient (Wildman–Crippen LogP) is 3.32. The van der Waals surface area contributed by atoms with Crippen molar-refractivity contribution >= 4 is 5.69 Å². The van der Waals surface area contributed by atoms with Crippen molar-refractivity contribution in [2.24, 2.45) is 5.92 Å². The summed E-state index contributed by atoms with van der Waals surface area (Å²) in [4.78, 5) is 1.96. The van der Waals surface area contributed by atoms with Crippen LogP contribution in [-0.4, -0.2) is 13.6 Å². The number of halogens is 1. The molecule has 90 valence electrons. The number of rotatable bonds is 3. The van der Waals surface area contributed by atoms with Crippen LogP contribution in [0.2, 0.25) is 0 Å². The van der Waals surface area contributed by atoms with Gasteiger partial charge in [0, 0.05) is 13.6 Å². The van der Waals surface area contributed by atoms with Crippen molar-refractivity contribution in [3.8, 4) is 6.07 Å². The average molecular weight is 232 g/mol. The smallest absolute Gasteiger partial charge is 0.147 e. The number of hydrogen-bond acceptors (Lipinski definition) is 2. The van der Waals surface area contributed by atoms with Crippen molar-refractivity contribution in [2.75, 3.05) is 18.5 Å². The first-order chi connectivity index (χ1) is 8.20. The molecule has 1 aromatic carbocycles. The third-order valence-electron chi connectivity index (χ3n) is 3.49. The summed E-state index contributed by atoms with van der Waals surface area (Å²) in [5.41, 5.74) is 0.969. The van der Waals surface area contributed by atoms with Crippen LogP contribution in [0.15, 0.2) is 18.2 Å². The molecule has 0 unspecified atom stereocenters. The van der Waals surface area contributed by atoms with Gasteiger partial charge in [-0.15, -0.1) is 0 Å². The molecule has 0 heterocycles. The van der Waals surface area contributed by atoms with Crippen molar-refractivity contribution in [1.82, 2.24) is 0 Å². The van der Waals surface area contributed by atoms with Crippen LogP contribution in [0, 0.1) is 23.1 Å². The predicted molar refractivity (Wildman–Crippen MR) is 66.3 cm³/mol. The van der Waals surface area contributed by atoms with Gasteiger partial charge >= 0.3 is 0 Å². The molecule has 0 bridgehead atoms. The number of hydrogen-bond donors (Lipinski definition) is 0. The topological polar surface area (TPSA) is 27.0 Å². The summed E-state index contributed by atoms with van der Waals surface area (Å²) in [6.45, 7) is 0.906. The Morgan fingerprint density at radius 3 is 2.71 bits per heavy atom. The van der Waals surface area contributed by atoms with Gasteiger partial charge < -0.3 is 4.90 Å². The van der Waals surface area contributed by atoms with Crippen LogP contribution in [0.25, 0.3) is 0 Å². The summed E-state index contributed by atoms with van der Waals surface area (Å²) in [5, 5.41) is 8.69. The lowest BCUT2D eigenvalue weighted by Crippen LogP contribution is -2.24. The summed E-state index contributed by atoms with van der Waals surface area (Å²) in [6, 6.07) is 6.62. The van der Waals surface area contributed by atoms with Gasteiger partial charge in [0.25, 0.3) is 0 Å². The number of anilines is 1. The van der Waals surface area contributed by atoms with Crippen molar-refractivity contribution in [1.29, 1.82) is 5.26 Å². The highest BCUT2D eigenvalue weighted by Crippen LogP contribution is 2.27.